The van der Waals surface area contributed by atoms with E-state index in [0.29, 0.717) is 45.4 Å². The number of benzene rings is 1. The van der Waals surface area contributed by atoms with Crippen LogP contribution < -0.4 is 5.73 Å². The number of rotatable bonds is 12. The van der Waals surface area contributed by atoms with Gasteiger partial charge in [0.1, 0.15) is 0 Å². The Morgan fingerprint density at radius 1 is 0.844 bits per heavy atom. The Bertz CT molecular complexity index is 910. The van der Waals surface area contributed by atoms with E-state index < -0.39 is 12.1 Å². The van der Waals surface area contributed by atoms with Gasteiger partial charge in [-0.3, -0.25) is 4.79 Å². The molecule has 0 spiro atoms. The van der Waals surface area contributed by atoms with E-state index in [1.807, 2.05) is 70.3 Å². The summed E-state index contributed by atoms with van der Waals surface area (Å²) in [4.78, 5) is 30.1. The van der Waals surface area contributed by atoms with Gasteiger partial charge in [0.25, 0.3) is 0 Å². The monoisotopic (exact) mass is 471 g/mol. The highest BCUT2D eigenvalue weighted by Crippen LogP contribution is 2.19. The summed E-state index contributed by atoms with van der Waals surface area (Å²) in [7, 11) is 0. The Kier molecular flexibility index (Phi) is 9.27. The second-order valence-corrected chi connectivity index (χ2v) is 9.71. The van der Waals surface area contributed by atoms with Crippen molar-refractivity contribution in [2.45, 2.75) is 44.9 Å². The molecule has 0 unspecified atom stereocenters. The fraction of sp³-hybridized carbons (Fsp3) is 0.333. The van der Waals surface area contributed by atoms with Gasteiger partial charge < -0.3 is 20.6 Å². The highest BCUT2D eigenvalue weighted by Gasteiger charge is 2.22. The third-order valence-electron chi connectivity index (χ3n) is 5.16. The van der Waals surface area contributed by atoms with Gasteiger partial charge in [-0.15, -0.1) is 22.7 Å². The standard InChI is InChI=1S/C24H29N3O3S2/c25-22(12-4-5-13-26(24(29)30)16-19-8-2-1-3-9-19)23(28)27(17-20-10-6-14-31-20)18-21-11-7-15-32-21/h1-3,6-11,14-15,22H,4-5,12-13,16-18,25H2,(H,29,30)/t22-/m0/s1. The topological polar surface area (TPSA) is 86.9 Å². The molecule has 2 heterocycles. The molecule has 170 valence electrons. The quantitative estimate of drug-likeness (QED) is 0.363. The third-order valence-corrected chi connectivity index (χ3v) is 6.88. The number of thiophene rings is 2. The van der Waals surface area contributed by atoms with Crippen LogP contribution in [0.3, 0.4) is 0 Å². The van der Waals surface area contributed by atoms with Crippen LogP contribution in [0.4, 0.5) is 4.79 Å². The van der Waals surface area contributed by atoms with Gasteiger partial charge in [0, 0.05) is 22.8 Å². The summed E-state index contributed by atoms with van der Waals surface area (Å²) in [6, 6.07) is 17.0. The van der Waals surface area contributed by atoms with Crippen LogP contribution in [0, 0.1) is 0 Å². The van der Waals surface area contributed by atoms with E-state index in [-0.39, 0.29) is 5.91 Å². The molecule has 8 heteroatoms. The van der Waals surface area contributed by atoms with Crippen molar-refractivity contribution < 1.29 is 14.7 Å². The van der Waals surface area contributed by atoms with E-state index in [4.69, 9.17) is 5.73 Å². The van der Waals surface area contributed by atoms with Crippen LogP contribution in [-0.4, -0.2) is 39.5 Å². The summed E-state index contributed by atoms with van der Waals surface area (Å²) in [5.41, 5.74) is 7.22. The number of unbranched alkanes of at least 4 members (excludes halogenated alkanes) is 1. The molecule has 0 saturated heterocycles. The highest BCUT2D eigenvalue weighted by atomic mass is 32.1. The summed E-state index contributed by atoms with van der Waals surface area (Å²) < 4.78 is 0. The molecular formula is C24H29N3O3S2. The van der Waals surface area contributed by atoms with E-state index in [9.17, 15) is 14.7 Å². The van der Waals surface area contributed by atoms with E-state index in [1.165, 1.54) is 4.90 Å². The normalized spacial score (nSPS) is 11.8. The number of carbonyl (C=O) groups excluding carboxylic acids is 1. The van der Waals surface area contributed by atoms with Crippen molar-refractivity contribution in [2.75, 3.05) is 6.54 Å². The van der Waals surface area contributed by atoms with Gasteiger partial charge in [-0.25, -0.2) is 4.79 Å². The number of carboxylic acid groups (broad SMARTS) is 1. The molecule has 2 aromatic heterocycles. The lowest BCUT2D eigenvalue weighted by Gasteiger charge is -2.25. The van der Waals surface area contributed by atoms with Crippen LogP contribution in [0.25, 0.3) is 0 Å². The van der Waals surface area contributed by atoms with Gasteiger partial charge >= 0.3 is 6.09 Å². The first-order chi connectivity index (χ1) is 15.5. The van der Waals surface area contributed by atoms with E-state index in [0.717, 1.165) is 15.3 Å². The summed E-state index contributed by atoms with van der Waals surface area (Å²) in [6.07, 6.45) is 0.948. The summed E-state index contributed by atoms with van der Waals surface area (Å²) in [6.45, 7) is 1.87. The van der Waals surface area contributed by atoms with Gasteiger partial charge in [0.05, 0.1) is 19.1 Å². The molecule has 2 amide bonds. The van der Waals surface area contributed by atoms with Gasteiger partial charge in [-0.05, 0) is 47.7 Å². The van der Waals surface area contributed by atoms with Crippen LogP contribution in [0.1, 0.15) is 34.6 Å². The average molecular weight is 472 g/mol. The lowest BCUT2D eigenvalue weighted by Crippen LogP contribution is -2.43. The molecule has 32 heavy (non-hydrogen) atoms. The Balaban J connectivity index is 1.49. The maximum Gasteiger partial charge on any atom is 0.407 e. The maximum atomic E-state index is 13.1. The lowest BCUT2D eigenvalue weighted by molar-refractivity contribution is -0.134. The maximum absolute atomic E-state index is 13.1. The Labute approximate surface area is 196 Å². The second kappa shape index (κ2) is 12.4. The predicted octanol–water partition coefficient (Wildman–Crippen LogP) is 5.02. The molecule has 0 radical (unpaired) electrons. The van der Waals surface area contributed by atoms with Crippen LogP contribution in [0.5, 0.6) is 0 Å². The van der Waals surface area contributed by atoms with Crippen molar-refractivity contribution in [1.82, 2.24) is 9.80 Å². The van der Waals surface area contributed by atoms with E-state index >= 15 is 0 Å². The zero-order valence-corrected chi connectivity index (χ0v) is 19.6. The third kappa shape index (κ3) is 7.47. The number of hydrogen-bond acceptors (Lipinski definition) is 5. The van der Waals surface area contributed by atoms with Crippen molar-refractivity contribution in [2.24, 2.45) is 5.73 Å². The van der Waals surface area contributed by atoms with Gasteiger partial charge in [0.2, 0.25) is 5.91 Å². The van der Waals surface area contributed by atoms with Crippen molar-refractivity contribution >= 4 is 34.7 Å². The molecule has 3 aromatic rings. The SMILES string of the molecule is N[C@@H](CCCCN(Cc1ccccc1)C(=O)O)C(=O)N(Cc1cccs1)Cc1cccs1. The average Bonchev–Trinajstić information content (AvgIpc) is 3.49. The van der Waals surface area contributed by atoms with Crippen molar-refractivity contribution in [3.8, 4) is 0 Å². The fourth-order valence-corrected chi connectivity index (χ4v) is 4.90. The second-order valence-electron chi connectivity index (χ2n) is 7.65. The van der Waals surface area contributed by atoms with Crippen LogP contribution in [0.2, 0.25) is 0 Å². The molecule has 0 aliphatic rings. The number of nitrogens with zero attached hydrogens (tertiary/aromatic N) is 2. The fourth-order valence-electron chi connectivity index (χ4n) is 3.46. The number of carbonyl (C=O) groups is 2. The zero-order valence-electron chi connectivity index (χ0n) is 17.9. The van der Waals surface area contributed by atoms with Crippen molar-refractivity contribution in [3.63, 3.8) is 0 Å². The van der Waals surface area contributed by atoms with E-state index in [2.05, 4.69) is 0 Å². The van der Waals surface area contributed by atoms with Crippen molar-refractivity contribution in [3.05, 3.63) is 80.7 Å². The molecule has 3 N–H and O–H groups in total. The largest absolute Gasteiger partial charge is 0.465 e. The first kappa shape index (κ1) is 24.0. The Morgan fingerprint density at radius 3 is 2.00 bits per heavy atom. The first-order valence-corrected chi connectivity index (χ1v) is 12.4. The smallest absolute Gasteiger partial charge is 0.407 e. The predicted molar refractivity (Wildman–Crippen MR) is 130 cm³/mol. The first-order valence-electron chi connectivity index (χ1n) is 10.6. The molecule has 3 rings (SSSR count). The molecule has 0 aliphatic carbocycles. The van der Waals surface area contributed by atoms with Crippen LogP contribution in [-0.2, 0) is 24.4 Å². The minimum atomic E-state index is -0.938. The molecular weight excluding hydrogens is 442 g/mol. The van der Waals surface area contributed by atoms with Gasteiger partial charge in [-0.1, -0.05) is 42.5 Å². The Hall–Kier alpha value is -2.68. The number of nitrogens with two attached hydrogens (primary N) is 1. The van der Waals surface area contributed by atoms with Crippen molar-refractivity contribution in [1.29, 1.82) is 0 Å². The van der Waals surface area contributed by atoms with Gasteiger partial charge in [-0.2, -0.15) is 0 Å². The minimum absolute atomic E-state index is 0.0637. The molecule has 1 atom stereocenters. The van der Waals surface area contributed by atoms with E-state index in [1.54, 1.807) is 22.7 Å². The number of amides is 2. The number of hydrogen-bond donors (Lipinski definition) is 2. The molecule has 0 bridgehead atoms. The van der Waals surface area contributed by atoms with Crippen LogP contribution >= 0.6 is 22.7 Å². The summed E-state index contributed by atoms with van der Waals surface area (Å²) in [5.74, 6) is -0.0637. The molecule has 0 fully saturated rings. The molecule has 6 nitrogen and oxygen atoms in total. The lowest BCUT2D eigenvalue weighted by atomic mass is 10.1. The Morgan fingerprint density at radius 2 is 1.47 bits per heavy atom. The molecule has 1 aromatic carbocycles. The molecule has 0 saturated carbocycles. The summed E-state index contributed by atoms with van der Waals surface area (Å²) >= 11 is 3.26. The highest BCUT2D eigenvalue weighted by molar-refractivity contribution is 7.10. The van der Waals surface area contributed by atoms with Crippen LogP contribution in [0.15, 0.2) is 65.4 Å². The zero-order chi connectivity index (χ0) is 22.8. The van der Waals surface area contributed by atoms with Gasteiger partial charge in [0.15, 0.2) is 0 Å². The summed E-state index contributed by atoms with van der Waals surface area (Å²) in [5, 5.41) is 13.5. The molecule has 0 aliphatic heterocycles. The minimum Gasteiger partial charge on any atom is -0.465 e.